The van der Waals surface area contributed by atoms with Gasteiger partial charge in [-0.2, -0.15) is 11.8 Å². The summed E-state index contributed by atoms with van der Waals surface area (Å²) in [6.07, 6.45) is 2.59. The number of hydrogen-bond acceptors (Lipinski definition) is 5. The van der Waals surface area contributed by atoms with Gasteiger partial charge >= 0.3 is 0 Å². The van der Waals surface area contributed by atoms with Crippen LogP contribution < -0.4 is 5.32 Å². The lowest BCUT2D eigenvalue weighted by Gasteiger charge is -2.27. The highest BCUT2D eigenvalue weighted by molar-refractivity contribution is 8.06. The maximum absolute atomic E-state index is 4.87. The summed E-state index contributed by atoms with van der Waals surface area (Å²) in [5.41, 5.74) is 1.25. The Labute approximate surface area is 123 Å². The van der Waals surface area contributed by atoms with E-state index in [2.05, 4.69) is 25.2 Å². The Kier molecular flexibility index (Phi) is 4.22. The average Bonchev–Trinajstić information content (AvgIpc) is 3.23. The number of nitrogens with zero attached hydrogens (tertiary/aromatic N) is 2. The fraction of sp³-hybridized carbons (Fsp3) is 0.714. The van der Waals surface area contributed by atoms with E-state index in [-0.39, 0.29) is 0 Å². The molecule has 1 aliphatic carbocycles. The molecule has 0 bridgehead atoms. The molecule has 19 heavy (non-hydrogen) atoms. The number of nitrogens with one attached hydrogen (secondary N) is 1. The van der Waals surface area contributed by atoms with Crippen molar-refractivity contribution in [2.24, 2.45) is 0 Å². The Morgan fingerprint density at radius 1 is 1.26 bits per heavy atom. The Morgan fingerprint density at radius 3 is 2.74 bits per heavy atom. The van der Waals surface area contributed by atoms with Crippen molar-refractivity contribution in [3.05, 3.63) is 17.6 Å². The van der Waals surface area contributed by atoms with Crippen molar-refractivity contribution in [1.29, 1.82) is 0 Å². The monoisotopic (exact) mass is 295 g/mol. The summed E-state index contributed by atoms with van der Waals surface area (Å²) < 4.78 is 0. The lowest BCUT2D eigenvalue weighted by molar-refractivity contribution is 0.802. The second kappa shape index (κ2) is 5.92. The zero-order chi connectivity index (χ0) is 13.2. The largest absolute Gasteiger partial charge is 0.370 e. The maximum atomic E-state index is 4.87. The van der Waals surface area contributed by atoms with E-state index >= 15 is 0 Å². The molecule has 2 unspecified atom stereocenters. The van der Waals surface area contributed by atoms with Crippen LogP contribution in [0.5, 0.6) is 0 Å². The first-order valence-corrected chi connectivity index (χ1v) is 9.23. The van der Waals surface area contributed by atoms with Crippen molar-refractivity contribution in [2.75, 3.05) is 23.4 Å². The van der Waals surface area contributed by atoms with Crippen molar-refractivity contribution in [2.45, 2.75) is 43.1 Å². The van der Waals surface area contributed by atoms with Crippen LogP contribution in [-0.4, -0.2) is 33.3 Å². The minimum Gasteiger partial charge on any atom is -0.370 e. The topological polar surface area (TPSA) is 37.8 Å². The minimum absolute atomic E-state index is 0.454. The maximum Gasteiger partial charge on any atom is 0.145 e. The summed E-state index contributed by atoms with van der Waals surface area (Å²) in [7, 11) is 0. The molecule has 1 saturated carbocycles. The Hall–Kier alpha value is -0.420. The molecule has 2 aliphatic rings. The van der Waals surface area contributed by atoms with E-state index in [9.17, 15) is 0 Å². The van der Waals surface area contributed by atoms with Crippen LogP contribution in [-0.2, 0) is 0 Å². The fourth-order valence-corrected chi connectivity index (χ4v) is 5.08. The van der Waals surface area contributed by atoms with Gasteiger partial charge in [0.05, 0.1) is 5.25 Å². The van der Waals surface area contributed by atoms with Gasteiger partial charge < -0.3 is 5.32 Å². The smallest absolute Gasteiger partial charge is 0.145 e. The number of thioether (sulfide) groups is 2. The SMILES string of the molecule is CCNc1cc(C2CC2)nc(C2SCCSC2C)n1. The third-order valence-corrected chi connectivity index (χ3v) is 6.65. The molecule has 5 heteroatoms. The molecular weight excluding hydrogens is 274 g/mol. The number of anilines is 1. The molecule has 2 fully saturated rings. The predicted octanol–water partition coefficient (Wildman–Crippen LogP) is 3.70. The molecule has 0 aromatic carbocycles. The first-order valence-electron chi connectivity index (χ1n) is 7.14. The highest BCUT2D eigenvalue weighted by atomic mass is 32.2. The van der Waals surface area contributed by atoms with Crippen molar-refractivity contribution < 1.29 is 0 Å². The Morgan fingerprint density at radius 2 is 2.05 bits per heavy atom. The average molecular weight is 295 g/mol. The van der Waals surface area contributed by atoms with Gasteiger partial charge in [0.1, 0.15) is 11.6 Å². The third kappa shape index (κ3) is 3.19. The molecule has 2 heterocycles. The van der Waals surface area contributed by atoms with E-state index in [1.165, 1.54) is 30.0 Å². The summed E-state index contributed by atoms with van der Waals surface area (Å²) in [5, 5.41) is 4.42. The van der Waals surface area contributed by atoms with E-state index in [1.54, 1.807) is 0 Å². The van der Waals surface area contributed by atoms with Crippen molar-refractivity contribution in [1.82, 2.24) is 9.97 Å². The number of hydrogen-bond donors (Lipinski definition) is 1. The lowest BCUT2D eigenvalue weighted by Crippen LogP contribution is -2.19. The summed E-state index contributed by atoms with van der Waals surface area (Å²) in [6, 6.07) is 2.15. The number of rotatable bonds is 4. The van der Waals surface area contributed by atoms with Gasteiger partial charge in [0.25, 0.3) is 0 Å². The van der Waals surface area contributed by atoms with E-state index < -0.39 is 0 Å². The molecule has 2 atom stereocenters. The van der Waals surface area contributed by atoms with Gasteiger partial charge in [0, 0.05) is 41.0 Å². The van der Waals surface area contributed by atoms with Gasteiger partial charge in [-0.1, -0.05) is 6.92 Å². The van der Waals surface area contributed by atoms with Gasteiger partial charge in [0.2, 0.25) is 0 Å². The molecule has 0 radical (unpaired) electrons. The normalized spacial score (nSPS) is 27.3. The van der Waals surface area contributed by atoms with Crippen LogP contribution in [0.3, 0.4) is 0 Å². The molecule has 104 valence electrons. The van der Waals surface area contributed by atoms with Crippen LogP contribution in [0.15, 0.2) is 6.07 Å². The molecule has 1 aliphatic heterocycles. The van der Waals surface area contributed by atoms with Gasteiger partial charge in [-0.25, -0.2) is 9.97 Å². The predicted molar refractivity (Wildman–Crippen MR) is 85.3 cm³/mol. The fourth-order valence-electron chi connectivity index (χ4n) is 2.39. The molecular formula is C14H21N3S2. The van der Waals surface area contributed by atoms with Crippen LogP contribution in [0.1, 0.15) is 49.4 Å². The van der Waals surface area contributed by atoms with Gasteiger partial charge in [-0.3, -0.25) is 0 Å². The van der Waals surface area contributed by atoms with Crippen LogP contribution in [0.2, 0.25) is 0 Å². The van der Waals surface area contributed by atoms with E-state index in [0.717, 1.165) is 18.2 Å². The quantitative estimate of drug-likeness (QED) is 0.917. The minimum atomic E-state index is 0.454. The summed E-state index contributed by atoms with van der Waals surface area (Å²) >= 11 is 4.07. The zero-order valence-electron chi connectivity index (χ0n) is 11.6. The molecule has 1 aromatic heterocycles. The first kappa shape index (κ1) is 13.6. The highest BCUT2D eigenvalue weighted by Gasteiger charge is 2.30. The van der Waals surface area contributed by atoms with Crippen LogP contribution >= 0.6 is 23.5 Å². The molecule has 3 rings (SSSR count). The van der Waals surface area contributed by atoms with Gasteiger partial charge in [0.15, 0.2) is 0 Å². The van der Waals surface area contributed by atoms with Gasteiger partial charge in [-0.05, 0) is 19.8 Å². The van der Waals surface area contributed by atoms with Crippen molar-refractivity contribution in [3.63, 3.8) is 0 Å². The van der Waals surface area contributed by atoms with Crippen LogP contribution in [0.4, 0.5) is 5.82 Å². The van der Waals surface area contributed by atoms with Crippen molar-refractivity contribution >= 4 is 29.3 Å². The Balaban J connectivity index is 1.89. The first-order chi connectivity index (χ1) is 9.28. The second-order valence-corrected chi connectivity index (χ2v) is 7.94. The Bertz CT molecular complexity index is 448. The molecule has 3 nitrogen and oxygen atoms in total. The van der Waals surface area contributed by atoms with Crippen molar-refractivity contribution in [3.8, 4) is 0 Å². The standard InChI is InChI=1S/C14H21N3S2/c1-3-15-12-8-11(10-4-5-10)16-14(17-12)13-9(2)18-6-7-19-13/h8-10,13H,3-7H2,1-2H3,(H,15,16,17). The highest BCUT2D eigenvalue weighted by Crippen LogP contribution is 2.44. The number of aromatic nitrogens is 2. The molecule has 1 aromatic rings. The second-order valence-electron chi connectivity index (χ2n) is 5.21. The third-order valence-electron chi connectivity index (χ3n) is 3.56. The summed E-state index contributed by atoms with van der Waals surface area (Å²) in [4.78, 5) is 9.62. The zero-order valence-corrected chi connectivity index (χ0v) is 13.2. The molecule has 0 amide bonds. The van der Waals surface area contributed by atoms with Crippen LogP contribution in [0, 0.1) is 0 Å². The lowest BCUT2D eigenvalue weighted by atomic mass is 10.2. The van der Waals surface area contributed by atoms with E-state index in [1.807, 2.05) is 23.5 Å². The van der Waals surface area contributed by atoms with Crippen LogP contribution in [0.25, 0.3) is 0 Å². The van der Waals surface area contributed by atoms with E-state index in [4.69, 9.17) is 9.97 Å². The molecule has 1 saturated heterocycles. The molecule has 1 N–H and O–H groups in total. The van der Waals surface area contributed by atoms with E-state index in [0.29, 0.717) is 16.4 Å². The summed E-state index contributed by atoms with van der Waals surface area (Å²) in [6.45, 7) is 5.34. The van der Waals surface area contributed by atoms with Gasteiger partial charge in [-0.15, -0.1) is 11.8 Å². The molecule has 0 spiro atoms. The summed E-state index contributed by atoms with van der Waals surface area (Å²) in [5.74, 6) is 5.22.